The van der Waals surface area contributed by atoms with Crippen LogP contribution in [0.3, 0.4) is 0 Å². The Hall–Kier alpha value is -2.56. The zero-order valence-corrected chi connectivity index (χ0v) is 11.4. The van der Waals surface area contributed by atoms with Gasteiger partial charge in [-0.1, -0.05) is 12.1 Å². The van der Waals surface area contributed by atoms with Crippen molar-refractivity contribution in [3.8, 4) is 5.88 Å². The van der Waals surface area contributed by atoms with Crippen LogP contribution in [-0.4, -0.2) is 18.1 Å². The van der Waals surface area contributed by atoms with Crippen LogP contribution in [0.5, 0.6) is 5.88 Å². The van der Waals surface area contributed by atoms with Gasteiger partial charge in [-0.25, -0.2) is 9.78 Å². The van der Waals surface area contributed by atoms with Crippen molar-refractivity contribution in [3.63, 3.8) is 0 Å². The summed E-state index contributed by atoms with van der Waals surface area (Å²) in [5.41, 5.74) is 8.12. The van der Waals surface area contributed by atoms with Crippen LogP contribution in [0, 0.1) is 6.92 Å². The summed E-state index contributed by atoms with van der Waals surface area (Å²) in [7, 11) is 1.54. The van der Waals surface area contributed by atoms with Gasteiger partial charge in [-0.3, -0.25) is 0 Å². The molecule has 20 heavy (non-hydrogen) atoms. The van der Waals surface area contributed by atoms with Gasteiger partial charge in [0, 0.05) is 11.8 Å². The number of carbonyl (C=O) groups is 1. The maximum absolute atomic E-state index is 12.0. The SMILES string of the molecule is COc1cccc(COC(=O)c2cc(N)ccc2C)n1. The minimum absolute atomic E-state index is 0.0876. The van der Waals surface area contributed by atoms with Crippen molar-refractivity contribution in [2.24, 2.45) is 0 Å². The average Bonchev–Trinajstić information content (AvgIpc) is 2.47. The Balaban J connectivity index is 2.06. The molecule has 1 heterocycles. The molecule has 0 aliphatic rings. The zero-order chi connectivity index (χ0) is 14.5. The second-order valence-corrected chi connectivity index (χ2v) is 4.32. The van der Waals surface area contributed by atoms with Gasteiger partial charge >= 0.3 is 5.97 Å². The molecule has 0 unspecified atom stereocenters. The Bertz CT molecular complexity index is 626. The molecule has 0 spiro atoms. The molecule has 2 N–H and O–H groups in total. The highest BCUT2D eigenvalue weighted by Crippen LogP contribution is 2.15. The minimum atomic E-state index is -0.417. The Morgan fingerprint density at radius 1 is 1.30 bits per heavy atom. The van der Waals surface area contributed by atoms with Crippen LogP contribution in [0.15, 0.2) is 36.4 Å². The summed E-state index contributed by atoms with van der Waals surface area (Å²) in [6.45, 7) is 1.92. The van der Waals surface area contributed by atoms with Crippen LogP contribution in [0.25, 0.3) is 0 Å². The number of nitrogens with two attached hydrogens (primary N) is 1. The van der Waals surface area contributed by atoms with Crippen molar-refractivity contribution in [3.05, 3.63) is 53.2 Å². The third-order valence-electron chi connectivity index (χ3n) is 2.82. The van der Waals surface area contributed by atoms with E-state index in [0.29, 0.717) is 22.8 Å². The largest absolute Gasteiger partial charge is 0.481 e. The quantitative estimate of drug-likeness (QED) is 0.683. The van der Waals surface area contributed by atoms with Gasteiger partial charge in [-0.2, -0.15) is 0 Å². The standard InChI is InChI=1S/C15H16N2O3/c1-10-6-7-11(16)8-13(10)15(18)20-9-12-4-3-5-14(17-12)19-2/h3-8H,9,16H2,1-2H3. The molecular formula is C15H16N2O3. The van der Waals surface area contributed by atoms with Gasteiger partial charge in [0.05, 0.1) is 18.4 Å². The lowest BCUT2D eigenvalue weighted by Gasteiger charge is -2.08. The third-order valence-corrected chi connectivity index (χ3v) is 2.82. The smallest absolute Gasteiger partial charge is 0.338 e. The number of aromatic nitrogens is 1. The van der Waals surface area contributed by atoms with E-state index in [-0.39, 0.29) is 6.61 Å². The molecule has 0 saturated heterocycles. The molecule has 0 aliphatic carbocycles. The van der Waals surface area contributed by atoms with Gasteiger partial charge in [0.1, 0.15) is 6.61 Å². The van der Waals surface area contributed by atoms with E-state index in [1.807, 2.05) is 6.92 Å². The number of rotatable bonds is 4. The van der Waals surface area contributed by atoms with Gasteiger partial charge in [0.25, 0.3) is 0 Å². The number of ether oxygens (including phenoxy) is 2. The molecule has 104 valence electrons. The molecule has 5 nitrogen and oxygen atoms in total. The number of carbonyl (C=O) groups excluding carboxylic acids is 1. The van der Waals surface area contributed by atoms with Crippen molar-refractivity contribution < 1.29 is 14.3 Å². The first-order chi connectivity index (χ1) is 9.60. The van der Waals surface area contributed by atoms with Gasteiger partial charge in [-0.05, 0) is 30.7 Å². The molecule has 0 aliphatic heterocycles. The molecule has 0 bridgehead atoms. The summed E-state index contributed by atoms with van der Waals surface area (Å²) in [5.74, 6) is 0.0677. The predicted octanol–water partition coefficient (Wildman–Crippen LogP) is 2.34. The van der Waals surface area contributed by atoms with Crippen LogP contribution in [0.1, 0.15) is 21.6 Å². The van der Waals surface area contributed by atoms with Gasteiger partial charge < -0.3 is 15.2 Å². The number of hydrogen-bond acceptors (Lipinski definition) is 5. The lowest BCUT2D eigenvalue weighted by atomic mass is 10.1. The van der Waals surface area contributed by atoms with E-state index in [0.717, 1.165) is 5.56 Å². The number of nitrogen functional groups attached to an aromatic ring is 1. The van der Waals surface area contributed by atoms with Crippen LogP contribution in [-0.2, 0) is 11.3 Å². The fourth-order valence-electron chi connectivity index (χ4n) is 1.73. The molecule has 0 atom stereocenters. The van der Waals surface area contributed by atoms with Crippen molar-refractivity contribution >= 4 is 11.7 Å². The molecular weight excluding hydrogens is 256 g/mol. The van der Waals surface area contributed by atoms with Crippen LogP contribution in [0.4, 0.5) is 5.69 Å². The van der Waals surface area contributed by atoms with Crippen LogP contribution < -0.4 is 10.5 Å². The minimum Gasteiger partial charge on any atom is -0.481 e. The number of pyridine rings is 1. The van der Waals surface area contributed by atoms with E-state index in [4.69, 9.17) is 15.2 Å². The van der Waals surface area contributed by atoms with Gasteiger partial charge in [0.2, 0.25) is 5.88 Å². The van der Waals surface area contributed by atoms with E-state index in [2.05, 4.69) is 4.98 Å². The lowest BCUT2D eigenvalue weighted by molar-refractivity contribution is 0.0466. The monoisotopic (exact) mass is 272 g/mol. The maximum atomic E-state index is 12.0. The lowest BCUT2D eigenvalue weighted by Crippen LogP contribution is -2.08. The number of aryl methyl sites for hydroxylation is 1. The molecule has 0 saturated carbocycles. The number of anilines is 1. The summed E-state index contributed by atoms with van der Waals surface area (Å²) in [4.78, 5) is 16.2. The van der Waals surface area contributed by atoms with Crippen molar-refractivity contribution in [2.45, 2.75) is 13.5 Å². The molecule has 5 heteroatoms. The predicted molar refractivity (Wildman–Crippen MR) is 75.5 cm³/mol. The molecule has 0 fully saturated rings. The van der Waals surface area contributed by atoms with E-state index in [9.17, 15) is 4.79 Å². The molecule has 2 rings (SSSR count). The normalized spacial score (nSPS) is 10.1. The highest BCUT2D eigenvalue weighted by Gasteiger charge is 2.11. The molecule has 1 aromatic carbocycles. The first kappa shape index (κ1) is 13.9. The van der Waals surface area contributed by atoms with Crippen LogP contribution in [0.2, 0.25) is 0 Å². The van der Waals surface area contributed by atoms with Gasteiger partial charge in [0.15, 0.2) is 0 Å². The second kappa shape index (κ2) is 6.06. The van der Waals surface area contributed by atoms with E-state index >= 15 is 0 Å². The summed E-state index contributed by atoms with van der Waals surface area (Å²) < 4.78 is 10.2. The maximum Gasteiger partial charge on any atom is 0.338 e. The van der Waals surface area contributed by atoms with Crippen LogP contribution >= 0.6 is 0 Å². The fourth-order valence-corrected chi connectivity index (χ4v) is 1.73. The van der Waals surface area contributed by atoms with E-state index in [1.165, 1.54) is 7.11 Å². The molecule has 1 aromatic heterocycles. The number of nitrogens with zero attached hydrogens (tertiary/aromatic N) is 1. The summed E-state index contributed by atoms with van der Waals surface area (Å²) >= 11 is 0. The number of esters is 1. The summed E-state index contributed by atoms with van der Waals surface area (Å²) in [6.07, 6.45) is 0. The topological polar surface area (TPSA) is 74.4 Å². The fraction of sp³-hybridized carbons (Fsp3) is 0.200. The Kier molecular flexibility index (Phi) is 4.20. The van der Waals surface area contributed by atoms with Crippen molar-refractivity contribution in [1.29, 1.82) is 0 Å². The molecule has 0 radical (unpaired) electrons. The molecule has 0 amide bonds. The first-order valence-corrected chi connectivity index (χ1v) is 6.13. The van der Waals surface area contributed by atoms with Crippen molar-refractivity contribution in [2.75, 3.05) is 12.8 Å². The second-order valence-electron chi connectivity index (χ2n) is 4.32. The highest BCUT2D eigenvalue weighted by atomic mass is 16.5. The summed E-state index contributed by atoms with van der Waals surface area (Å²) in [5, 5.41) is 0. The summed E-state index contributed by atoms with van der Waals surface area (Å²) in [6, 6.07) is 10.4. The first-order valence-electron chi connectivity index (χ1n) is 6.13. The third kappa shape index (κ3) is 3.26. The average molecular weight is 272 g/mol. The Labute approximate surface area is 117 Å². The van der Waals surface area contributed by atoms with Crippen molar-refractivity contribution in [1.82, 2.24) is 4.98 Å². The van der Waals surface area contributed by atoms with E-state index < -0.39 is 5.97 Å². The Morgan fingerprint density at radius 2 is 2.10 bits per heavy atom. The Morgan fingerprint density at radius 3 is 2.85 bits per heavy atom. The number of benzene rings is 1. The molecule has 2 aromatic rings. The number of hydrogen-bond donors (Lipinski definition) is 1. The van der Waals surface area contributed by atoms with Gasteiger partial charge in [-0.15, -0.1) is 0 Å². The zero-order valence-electron chi connectivity index (χ0n) is 11.4. The number of methoxy groups -OCH3 is 1. The highest BCUT2D eigenvalue weighted by molar-refractivity contribution is 5.92. The van der Waals surface area contributed by atoms with E-state index in [1.54, 1.807) is 36.4 Å².